The number of halogens is 1. The van der Waals surface area contributed by atoms with E-state index >= 15 is 0 Å². The van der Waals surface area contributed by atoms with Gasteiger partial charge in [0.05, 0.1) is 8.68 Å². The Balaban J connectivity index is 2.43. The van der Waals surface area contributed by atoms with Gasteiger partial charge in [-0.3, -0.25) is 4.79 Å². The van der Waals surface area contributed by atoms with Crippen molar-refractivity contribution in [3.63, 3.8) is 0 Å². The Morgan fingerprint density at radius 3 is 2.78 bits per heavy atom. The lowest BCUT2D eigenvalue weighted by Gasteiger charge is -2.20. The minimum Gasteiger partial charge on any atom is -0.480 e. The third-order valence-electron chi connectivity index (χ3n) is 2.92. The van der Waals surface area contributed by atoms with E-state index in [2.05, 4.69) is 15.9 Å². The van der Waals surface area contributed by atoms with Gasteiger partial charge in [-0.05, 0) is 41.8 Å². The highest BCUT2D eigenvalue weighted by atomic mass is 79.9. The van der Waals surface area contributed by atoms with Crippen LogP contribution in [-0.4, -0.2) is 36.4 Å². The summed E-state index contributed by atoms with van der Waals surface area (Å²) in [5.41, 5.74) is 0. The quantitative estimate of drug-likeness (QED) is 0.902. The molecule has 0 bridgehead atoms. The Hall–Kier alpha value is -0.440. The van der Waals surface area contributed by atoms with Crippen molar-refractivity contribution in [3.05, 3.63) is 14.7 Å². The number of carboxylic acids is 1. The summed E-state index contributed by atoms with van der Waals surface area (Å²) in [6.07, 6.45) is 0.958. The van der Waals surface area contributed by atoms with Crippen LogP contribution in [0.2, 0.25) is 0 Å². The summed E-state index contributed by atoms with van der Waals surface area (Å²) in [5.74, 6) is -1.08. The van der Waals surface area contributed by atoms with Crippen molar-refractivity contribution in [1.29, 1.82) is 0 Å². The lowest BCUT2D eigenvalue weighted by Crippen LogP contribution is -2.40. The molecular weight excluding hydrogens is 342 g/mol. The third kappa shape index (κ3) is 2.34. The van der Waals surface area contributed by atoms with Gasteiger partial charge in [0.2, 0.25) is 10.0 Å². The summed E-state index contributed by atoms with van der Waals surface area (Å²) in [4.78, 5) is 11.9. The zero-order valence-electron chi connectivity index (χ0n) is 9.59. The Morgan fingerprint density at radius 1 is 1.61 bits per heavy atom. The van der Waals surface area contributed by atoms with E-state index in [0.717, 1.165) is 8.09 Å². The second-order valence-electron chi connectivity index (χ2n) is 4.08. The van der Waals surface area contributed by atoms with Gasteiger partial charge in [-0.25, -0.2) is 8.42 Å². The number of aliphatic carboxylic acids is 1. The monoisotopic (exact) mass is 353 g/mol. The number of thiophene rings is 1. The van der Waals surface area contributed by atoms with Crippen molar-refractivity contribution in [1.82, 2.24) is 4.31 Å². The second kappa shape index (κ2) is 4.92. The standard InChI is InChI=1S/C10H12BrNO4S2/c1-6-8(5-9(11)17-6)18(15,16)12-4-2-3-7(12)10(13)14/h5,7H,2-4H2,1H3,(H,13,14)/t7-/m1/s1. The molecule has 2 rings (SSSR count). The van der Waals surface area contributed by atoms with Gasteiger partial charge in [0.1, 0.15) is 6.04 Å². The summed E-state index contributed by atoms with van der Waals surface area (Å²) < 4.78 is 26.7. The van der Waals surface area contributed by atoms with Gasteiger partial charge in [-0.1, -0.05) is 0 Å². The van der Waals surface area contributed by atoms with Crippen LogP contribution in [0.25, 0.3) is 0 Å². The Labute approximate surface area is 118 Å². The number of aryl methyl sites for hydroxylation is 1. The average Bonchev–Trinajstić information content (AvgIpc) is 2.84. The number of carbonyl (C=O) groups is 1. The van der Waals surface area contributed by atoms with E-state index in [9.17, 15) is 13.2 Å². The van der Waals surface area contributed by atoms with E-state index in [4.69, 9.17) is 5.11 Å². The first-order chi connectivity index (χ1) is 8.34. The van der Waals surface area contributed by atoms with Crippen molar-refractivity contribution in [2.45, 2.75) is 30.7 Å². The number of nitrogens with zero attached hydrogens (tertiary/aromatic N) is 1. The summed E-state index contributed by atoms with van der Waals surface area (Å²) >= 11 is 4.58. The van der Waals surface area contributed by atoms with Gasteiger partial charge in [-0.15, -0.1) is 11.3 Å². The van der Waals surface area contributed by atoms with E-state index in [1.165, 1.54) is 17.4 Å². The first kappa shape index (κ1) is 14.0. The van der Waals surface area contributed by atoms with E-state index in [0.29, 0.717) is 17.7 Å². The molecule has 1 N–H and O–H groups in total. The smallest absolute Gasteiger partial charge is 0.322 e. The number of rotatable bonds is 3. The summed E-state index contributed by atoms with van der Waals surface area (Å²) in [5, 5.41) is 9.06. The second-order valence-corrected chi connectivity index (χ2v) is 8.58. The van der Waals surface area contributed by atoms with Gasteiger partial charge >= 0.3 is 5.97 Å². The number of carboxylic acid groups (broad SMARTS) is 1. The largest absolute Gasteiger partial charge is 0.480 e. The fraction of sp³-hybridized carbons (Fsp3) is 0.500. The number of hydrogen-bond donors (Lipinski definition) is 1. The molecule has 1 aromatic heterocycles. The molecule has 1 atom stereocenters. The molecule has 0 spiro atoms. The lowest BCUT2D eigenvalue weighted by molar-refractivity contribution is -0.140. The van der Waals surface area contributed by atoms with Gasteiger partial charge in [0.25, 0.3) is 0 Å². The van der Waals surface area contributed by atoms with Crippen molar-refractivity contribution in [2.24, 2.45) is 0 Å². The molecule has 5 nitrogen and oxygen atoms in total. The average molecular weight is 354 g/mol. The van der Waals surface area contributed by atoms with Crippen LogP contribution in [0.1, 0.15) is 17.7 Å². The molecule has 0 unspecified atom stereocenters. The van der Waals surface area contributed by atoms with E-state index < -0.39 is 22.0 Å². The third-order valence-corrected chi connectivity index (χ3v) is 6.63. The summed E-state index contributed by atoms with van der Waals surface area (Å²) in [6, 6.07) is 0.597. The first-order valence-electron chi connectivity index (χ1n) is 5.34. The first-order valence-corrected chi connectivity index (χ1v) is 8.39. The van der Waals surface area contributed by atoms with Gasteiger partial charge in [0.15, 0.2) is 0 Å². The molecule has 0 aromatic carbocycles. The van der Waals surface area contributed by atoms with Crippen LogP contribution in [-0.2, 0) is 14.8 Å². The number of hydrogen-bond acceptors (Lipinski definition) is 4. The maximum absolute atomic E-state index is 12.4. The van der Waals surface area contributed by atoms with E-state index in [1.54, 1.807) is 6.92 Å². The van der Waals surface area contributed by atoms with Crippen molar-refractivity contribution < 1.29 is 18.3 Å². The molecule has 1 aromatic rings. The molecule has 1 aliphatic rings. The molecule has 0 radical (unpaired) electrons. The van der Waals surface area contributed by atoms with Crippen LogP contribution < -0.4 is 0 Å². The normalized spacial score (nSPS) is 21.3. The molecule has 1 aliphatic heterocycles. The summed E-state index contributed by atoms with van der Waals surface area (Å²) in [6.45, 7) is 1.99. The molecule has 0 saturated carbocycles. The topological polar surface area (TPSA) is 74.7 Å². The maximum Gasteiger partial charge on any atom is 0.322 e. The summed E-state index contributed by atoms with van der Waals surface area (Å²) in [7, 11) is -3.71. The molecule has 1 saturated heterocycles. The van der Waals surface area contributed by atoms with Crippen LogP contribution in [0.3, 0.4) is 0 Å². The SMILES string of the molecule is Cc1sc(Br)cc1S(=O)(=O)N1CCC[C@@H]1C(=O)O. The zero-order chi connectivity index (χ0) is 13.5. The fourth-order valence-electron chi connectivity index (χ4n) is 2.09. The Kier molecular flexibility index (Phi) is 3.82. The molecular formula is C10H12BrNO4S2. The fourth-order valence-corrected chi connectivity index (χ4v) is 6.12. The van der Waals surface area contributed by atoms with E-state index in [-0.39, 0.29) is 11.4 Å². The molecule has 0 aliphatic carbocycles. The molecule has 18 heavy (non-hydrogen) atoms. The van der Waals surface area contributed by atoms with Gasteiger partial charge in [-0.2, -0.15) is 4.31 Å². The van der Waals surface area contributed by atoms with Crippen LogP contribution >= 0.6 is 27.3 Å². The van der Waals surface area contributed by atoms with Crippen LogP contribution in [0.15, 0.2) is 14.7 Å². The Bertz CT molecular complexity index is 581. The van der Waals surface area contributed by atoms with Crippen molar-refractivity contribution in [3.8, 4) is 0 Å². The molecule has 2 heterocycles. The van der Waals surface area contributed by atoms with E-state index in [1.807, 2.05) is 0 Å². The zero-order valence-corrected chi connectivity index (χ0v) is 12.8. The Morgan fingerprint density at radius 2 is 2.28 bits per heavy atom. The molecule has 100 valence electrons. The number of sulfonamides is 1. The molecule has 0 amide bonds. The highest BCUT2D eigenvalue weighted by molar-refractivity contribution is 9.11. The van der Waals surface area contributed by atoms with Gasteiger partial charge in [0, 0.05) is 11.4 Å². The van der Waals surface area contributed by atoms with Crippen molar-refractivity contribution >= 4 is 43.3 Å². The van der Waals surface area contributed by atoms with Gasteiger partial charge < -0.3 is 5.11 Å². The van der Waals surface area contributed by atoms with Crippen LogP contribution in [0, 0.1) is 6.92 Å². The highest BCUT2D eigenvalue weighted by Crippen LogP contribution is 2.34. The minimum absolute atomic E-state index is 0.201. The van der Waals surface area contributed by atoms with Crippen molar-refractivity contribution in [2.75, 3.05) is 6.54 Å². The maximum atomic E-state index is 12.4. The lowest BCUT2D eigenvalue weighted by atomic mass is 10.2. The highest BCUT2D eigenvalue weighted by Gasteiger charge is 2.40. The molecule has 8 heteroatoms. The predicted molar refractivity (Wildman–Crippen MR) is 71.3 cm³/mol. The van der Waals surface area contributed by atoms with Crippen LogP contribution in [0.4, 0.5) is 0 Å². The van der Waals surface area contributed by atoms with Crippen LogP contribution in [0.5, 0.6) is 0 Å². The predicted octanol–water partition coefficient (Wildman–Crippen LogP) is 2.06. The minimum atomic E-state index is -3.71. The molecule has 1 fully saturated rings.